The van der Waals surface area contributed by atoms with Crippen molar-refractivity contribution in [3.8, 4) is 0 Å². The van der Waals surface area contributed by atoms with Gasteiger partial charge in [-0.3, -0.25) is 9.59 Å². The van der Waals surface area contributed by atoms with Gasteiger partial charge in [-0.1, -0.05) is 220 Å². The average molecular weight is 888 g/mol. The van der Waals surface area contributed by atoms with Crippen LogP contribution in [0.15, 0.2) is 109 Å². The molecule has 0 rings (SSSR count). The maximum absolute atomic E-state index is 13.2. The quantitative estimate of drug-likeness (QED) is 0.0245. The first-order valence-electron chi connectivity index (χ1n) is 26.2. The van der Waals surface area contributed by atoms with Crippen molar-refractivity contribution in [2.75, 3.05) is 6.61 Å². The molecule has 364 valence electrons. The largest absolute Gasteiger partial charge is 0.462 e. The summed E-state index contributed by atoms with van der Waals surface area (Å²) >= 11 is 0. The van der Waals surface area contributed by atoms with Crippen molar-refractivity contribution < 1.29 is 24.5 Å². The number of hydrogen-bond donors (Lipinski definition) is 3. The fraction of sp³-hybridized carbons (Fsp3) is 0.655. The summed E-state index contributed by atoms with van der Waals surface area (Å²) in [6, 6.07) is -0.728. The topological polar surface area (TPSA) is 95.9 Å². The van der Waals surface area contributed by atoms with E-state index in [1.54, 1.807) is 0 Å². The van der Waals surface area contributed by atoms with Gasteiger partial charge in [0.2, 0.25) is 5.91 Å². The molecule has 0 aromatic carbocycles. The molecule has 0 bridgehead atoms. The van der Waals surface area contributed by atoms with Crippen molar-refractivity contribution in [1.82, 2.24) is 5.32 Å². The number of ether oxygens (including phenoxy) is 1. The number of amides is 1. The first-order valence-corrected chi connectivity index (χ1v) is 26.2. The predicted molar refractivity (Wildman–Crippen MR) is 277 cm³/mol. The Morgan fingerprint density at radius 2 is 0.906 bits per heavy atom. The number of hydrogen-bond acceptors (Lipinski definition) is 5. The number of aliphatic hydroxyl groups excluding tert-OH is 2. The molecule has 0 aliphatic heterocycles. The Hall–Kier alpha value is -3.48. The lowest BCUT2D eigenvalue weighted by molar-refractivity contribution is -0.151. The number of allylic oxidation sites excluding steroid dienone is 18. The van der Waals surface area contributed by atoms with Crippen LogP contribution in [-0.2, 0) is 14.3 Å². The van der Waals surface area contributed by atoms with Crippen molar-refractivity contribution in [2.45, 2.75) is 238 Å². The number of aliphatic hydroxyl groups is 2. The number of esters is 1. The molecule has 0 fully saturated rings. The zero-order chi connectivity index (χ0) is 46.7. The molecule has 6 nitrogen and oxygen atoms in total. The van der Waals surface area contributed by atoms with Gasteiger partial charge in [-0.05, 0) is 96.3 Å². The standard InChI is InChI=1S/C58H97NO5/c1-4-7-10-13-16-19-22-24-26-28-29-30-32-34-36-39-42-45-48-51-58(63)64-54(49-46-43-40-37-35-33-31-27-25-23-20-17-14-11-8-5-2)52-57(62)59-55(53-60)56(61)50-47-44-41-38-21-18-15-12-9-6-3/h7,10,16-17,19-20,23-27,29-31,33-36,54-56,60-61H,4-6,8-9,11-15,18,21-22,28,32,37-53H2,1-3H3,(H,59,62)/b10-7-,19-16-,20-17+,25-23+,26-24-,30-29-,31-27+,35-33+,36-34-. The molecule has 0 saturated carbocycles. The van der Waals surface area contributed by atoms with Gasteiger partial charge in [0.25, 0.3) is 0 Å². The van der Waals surface area contributed by atoms with Crippen molar-refractivity contribution >= 4 is 11.9 Å². The molecule has 1 amide bonds. The van der Waals surface area contributed by atoms with Gasteiger partial charge in [0.05, 0.1) is 25.2 Å². The zero-order valence-corrected chi connectivity index (χ0v) is 41.4. The van der Waals surface area contributed by atoms with E-state index in [4.69, 9.17) is 4.74 Å². The minimum atomic E-state index is -0.810. The fourth-order valence-corrected chi connectivity index (χ4v) is 7.23. The van der Waals surface area contributed by atoms with E-state index in [0.29, 0.717) is 19.3 Å². The molecule has 0 saturated heterocycles. The summed E-state index contributed by atoms with van der Waals surface area (Å²) in [6.45, 7) is 6.29. The molecule has 0 heterocycles. The predicted octanol–water partition coefficient (Wildman–Crippen LogP) is 15.9. The van der Waals surface area contributed by atoms with Crippen LogP contribution in [0.1, 0.15) is 220 Å². The second-order valence-electron chi connectivity index (χ2n) is 17.3. The summed E-state index contributed by atoms with van der Waals surface area (Å²) in [6.07, 6.45) is 68.6. The average Bonchev–Trinajstić information content (AvgIpc) is 3.29. The van der Waals surface area contributed by atoms with E-state index >= 15 is 0 Å². The Labute approximate surface area is 394 Å². The van der Waals surface area contributed by atoms with Gasteiger partial charge < -0.3 is 20.3 Å². The molecular formula is C58H97NO5. The molecule has 0 aromatic rings. The van der Waals surface area contributed by atoms with Gasteiger partial charge in [-0.15, -0.1) is 0 Å². The summed E-state index contributed by atoms with van der Waals surface area (Å²) in [4.78, 5) is 26.2. The van der Waals surface area contributed by atoms with Crippen LogP contribution in [-0.4, -0.2) is 46.9 Å². The Morgan fingerprint density at radius 1 is 0.484 bits per heavy atom. The fourth-order valence-electron chi connectivity index (χ4n) is 7.23. The van der Waals surface area contributed by atoms with Crippen LogP contribution < -0.4 is 5.32 Å². The van der Waals surface area contributed by atoms with E-state index < -0.39 is 18.2 Å². The second-order valence-corrected chi connectivity index (χ2v) is 17.3. The number of unbranched alkanes of at least 4 members (excludes halogenated alkanes) is 18. The van der Waals surface area contributed by atoms with Crippen LogP contribution in [0, 0.1) is 0 Å². The van der Waals surface area contributed by atoms with Crippen LogP contribution in [0.5, 0.6) is 0 Å². The molecule has 0 spiro atoms. The van der Waals surface area contributed by atoms with Gasteiger partial charge in [0.1, 0.15) is 6.10 Å². The van der Waals surface area contributed by atoms with Crippen molar-refractivity contribution in [3.05, 3.63) is 109 Å². The van der Waals surface area contributed by atoms with E-state index in [2.05, 4.69) is 117 Å². The van der Waals surface area contributed by atoms with E-state index in [0.717, 1.165) is 109 Å². The van der Waals surface area contributed by atoms with Crippen LogP contribution >= 0.6 is 0 Å². The van der Waals surface area contributed by atoms with Crippen LogP contribution in [0.2, 0.25) is 0 Å². The highest BCUT2D eigenvalue weighted by molar-refractivity contribution is 5.77. The van der Waals surface area contributed by atoms with Crippen molar-refractivity contribution in [3.63, 3.8) is 0 Å². The number of carbonyl (C=O) groups excluding carboxylic acids is 2. The highest BCUT2D eigenvalue weighted by Gasteiger charge is 2.24. The van der Waals surface area contributed by atoms with Gasteiger partial charge >= 0.3 is 5.97 Å². The molecule has 0 aliphatic rings. The lowest BCUT2D eigenvalue weighted by atomic mass is 10.0. The van der Waals surface area contributed by atoms with Gasteiger partial charge in [0, 0.05) is 6.42 Å². The minimum Gasteiger partial charge on any atom is -0.462 e. The Morgan fingerprint density at radius 3 is 1.45 bits per heavy atom. The van der Waals surface area contributed by atoms with Gasteiger partial charge in [-0.2, -0.15) is 0 Å². The monoisotopic (exact) mass is 888 g/mol. The Bertz CT molecular complexity index is 1320. The summed E-state index contributed by atoms with van der Waals surface area (Å²) in [5.74, 6) is -0.560. The lowest BCUT2D eigenvalue weighted by Gasteiger charge is -2.24. The SMILES string of the molecule is CC/C=C\C/C=C\C/C=C\C/C=C\C/C=C\CCCCCC(=O)OC(CCCCC/C=C/C=C/C=C/C=C/CCCCC)CC(=O)NC(CO)C(O)CCCCCCCCCCCC. The summed E-state index contributed by atoms with van der Waals surface area (Å²) in [7, 11) is 0. The van der Waals surface area contributed by atoms with E-state index in [-0.39, 0.29) is 24.9 Å². The third-order valence-corrected chi connectivity index (χ3v) is 11.2. The molecule has 64 heavy (non-hydrogen) atoms. The van der Waals surface area contributed by atoms with Crippen LogP contribution in [0.25, 0.3) is 0 Å². The molecule has 0 aliphatic carbocycles. The van der Waals surface area contributed by atoms with E-state index in [9.17, 15) is 19.8 Å². The maximum atomic E-state index is 13.2. The third-order valence-electron chi connectivity index (χ3n) is 11.2. The summed E-state index contributed by atoms with van der Waals surface area (Å²) < 4.78 is 5.91. The van der Waals surface area contributed by atoms with Gasteiger partial charge in [0.15, 0.2) is 0 Å². The van der Waals surface area contributed by atoms with Crippen molar-refractivity contribution in [1.29, 1.82) is 0 Å². The Kier molecular flexibility index (Phi) is 47.8. The number of carbonyl (C=O) groups is 2. The van der Waals surface area contributed by atoms with Gasteiger partial charge in [-0.25, -0.2) is 0 Å². The maximum Gasteiger partial charge on any atom is 0.306 e. The molecular weight excluding hydrogens is 791 g/mol. The number of nitrogens with one attached hydrogen (secondary N) is 1. The Balaban J connectivity index is 4.75. The molecule has 0 radical (unpaired) electrons. The van der Waals surface area contributed by atoms with Crippen LogP contribution in [0.3, 0.4) is 0 Å². The number of rotatable bonds is 45. The first-order chi connectivity index (χ1) is 31.5. The summed E-state index contributed by atoms with van der Waals surface area (Å²) in [5, 5.41) is 23.7. The smallest absolute Gasteiger partial charge is 0.306 e. The molecule has 0 aromatic heterocycles. The zero-order valence-electron chi connectivity index (χ0n) is 41.4. The normalized spacial score (nSPS) is 14.1. The highest BCUT2D eigenvalue weighted by Crippen LogP contribution is 2.16. The third kappa shape index (κ3) is 45.1. The van der Waals surface area contributed by atoms with Crippen molar-refractivity contribution in [2.24, 2.45) is 0 Å². The van der Waals surface area contributed by atoms with Crippen LogP contribution in [0.4, 0.5) is 0 Å². The molecule has 3 unspecified atom stereocenters. The van der Waals surface area contributed by atoms with E-state index in [1.807, 2.05) is 18.2 Å². The van der Waals surface area contributed by atoms with E-state index in [1.165, 1.54) is 64.2 Å². The second kappa shape index (κ2) is 50.5. The molecule has 3 N–H and O–H groups in total. The highest BCUT2D eigenvalue weighted by atomic mass is 16.5. The minimum absolute atomic E-state index is 0.0312. The molecule has 3 atom stereocenters. The first kappa shape index (κ1) is 60.5. The molecule has 6 heteroatoms. The lowest BCUT2D eigenvalue weighted by Crippen LogP contribution is -2.46. The summed E-state index contributed by atoms with van der Waals surface area (Å²) in [5.41, 5.74) is 0.